The second-order valence-corrected chi connectivity index (χ2v) is 9.68. The molecule has 38 heavy (non-hydrogen) atoms. The standard InChI is InChI=1S/C22H13B2ClF3N7O2S/c1-33-6-10-3-16(11(25)4-15(10)32-33)30-20-31-21(36)35(8-17-18(23)38-19(24)29-17)22(37)34(20)7-9-2-13(27)14(28)5-12(9)26/h2-6H,7-8H2,1H3,(H,30,31,36). The van der Waals surface area contributed by atoms with Crippen LogP contribution in [0.4, 0.5) is 24.8 Å². The molecule has 0 atom stereocenters. The Morgan fingerprint density at radius 2 is 1.74 bits per heavy atom. The molecule has 0 aliphatic heterocycles. The summed E-state index contributed by atoms with van der Waals surface area (Å²) in [7, 11) is 13.2. The molecule has 0 amide bonds. The van der Waals surface area contributed by atoms with Crippen LogP contribution in [-0.4, -0.2) is 44.6 Å². The number of fused-ring (bicyclic) bond motifs is 1. The van der Waals surface area contributed by atoms with Gasteiger partial charge >= 0.3 is 11.4 Å². The highest BCUT2D eigenvalue weighted by molar-refractivity contribution is 7.26. The number of aryl methyl sites for hydroxylation is 1. The Bertz CT molecular complexity index is 1850. The summed E-state index contributed by atoms with van der Waals surface area (Å²) in [6, 6.07) is 4.15. The van der Waals surface area contributed by atoms with E-state index in [0.29, 0.717) is 27.6 Å². The van der Waals surface area contributed by atoms with Gasteiger partial charge in [-0.25, -0.2) is 27.3 Å². The van der Waals surface area contributed by atoms with Gasteiger partial charge in [-0.1, -0.05) is 11.6 Å². The first-order valence-corrected chi connectivity index (χ1v) is 11.9. The first-order valence-electron chi connectivity index (χ1n) is 10.8. The smallest absolute Gasteiger partial charge is 0.324 e. The topological polar surface area (TPSA) is 99.6 Å². The Morgan fingerprint density at radius 3 is 2.45 bits per heavy atom. The minimum atomic E-state index is -1.40. The van der Waals surface area contributed by atoms with Crippen molar-refractivity contribution in [3.05, 3.63) is 85.2 Å². The fraction of sp³-hybridized carbons (Fsp3) is 0.136. The Labute approximate surface area is 223 Å². The number of nitrogens with zero attached hydrogens (tertiary/aromatic N) is 6. The quantitative estimate of drug-likeness (QED) is 0.251. The van der Waals surface area contributed by atoms with E-state index >= 15 is 0 Å². The highest BCUT2D eigenvalue weighted by Gasteiger charge is 2.20. The fourth-order valence-electron chi connectivity index (χ4n) is 3.79. The number of hydrogen-bond acceptors (Lipinski definition) is 7. The number of halogens is 4. The van der Waals surface area contributed by atoms with Gasteiger partial charge in [0.05, 0.1) is 35.0 Å². The van der Waals surface area contributed by atoms with Gasteiger partial charge in [-0.2, -0.15) is 10.1 Å². The summed E-state index contributed by atoms with van der Waals surface area (Å²) in [4.78, 5) is 34.5. The zero-order valence-electron chi connectivity index (χ0n) is 19.4. The molecule has 9 nitrogen and oxygen atoms in total. The van der Waals surface area contributed by atoms with Crippen LogP contribution in [0, 0.1) is 17.5 Å². The molecule has 0 unspecified atom stereocenters. The van der Waals surface area contributed by atoms with Crippen molar-refractivity contribution in [1.82, 2.24) is 28.9 Å². The van der Waals surface area contributed by atoms with E-state index in [-0.39, 0.29) is 44.1 Å². The SMILES string of the molecule is [B]c1nc(Cn2c(=O)nc(Nc3cc4cn(C)nc4cc3Cl)n(Cc3cc(F)c(F)cc3F)c2=O)c([B])s1. The maximum absolute atomic E-state index is 14.5. The molecule has 0 fully saturated rings. The maximum atomic E-state index is 14.5. The minimum absolute atomic E-state index is 0.126. The molecule has 5 aromatic rings. The van der Waals surface area contributed by atoms with Crippen molar-refractivity contribution in [3.63, 3.8) is 0 Å². The number of thiazole rings is 1. The van der Waals surface area contributed by atoms with E-state index in [1.54, 1.807) is 30.1 Å². The molecular weight excluding hydrogens is 540 g/mol. The molecule has 0 spiro atoms. The van der Waals surface area contributed by atoms with Crippen LogP contribution >= 0.6 is 22.9 Å². The van der Waals surface area contributed by atoms with Gasteiger partial charge in [0, 0.05) is 35.2 Å². The summed E-state index contributed by atoms with van der Waals surface area (Å²) in [6.45, 7) is -0.994. The molecule has 3 heterocycles. The minimum Gasteiger partial charge on any atom is -0.324 e. The average molecular weight is 554 g/mol. The molecule has 0 saturated carbocycles. The molecule has 16 heteroatoms. The summed E-state index contributed by atoms with van der Waals surface area (Å²) in [5, 5.41) is 7.95. The molecule has 188 valence electrons. The maximum Gasteiger partial charge on any atom is 0.355 e. The normalized spacial score (nSPS) is 11.4. The van der Waals surface area contributed by atoms with Crippen LogP contribution in [0.2, 0.25) is 5.02 Å². The van der Waals surface area contributed by atoms with E-state index in [0.717, 1.165) is 15.9 Å². The van der Waals surface area contributed by atoms with Crippen molar-refractivity contribution in [1.29, 1.82) is 0 Å². The molecule has 0 aliphatic carbocycles. The lowest BCUT2D eigenvalue weighted by atomic mass is 10.1. The molecule has 5 rings (SSSR count). The third kappa shape index (κ3) is 4.86. The molecule has 3 aromatic heterocycles. The number of hydrogen-bond donors (Lipinski definition) is 1. The summed E-state index contributed by atoms with van der Waals surface area (Å²) in [5.74, 6) is -4.14. The van der Waals surface area contributed by atoms with Gasteiger partial charge in [0.1, 0.15) is 13.7 Å². The van der Waals surface area contributed by atoms with Crippen LogP contribution in [0.15, 0.2) is 40.1 Å². The van der Waals surface area contributed by atoms with Gasteiger partial charge < -0.3 is 5.32 Å². The Hall–Kier alpha value is -3.84. The van der Waals surface area contributed by atoms with E-state index in [4.69, 9.17) is 27.3 Å². The Morgan fingerprint density at radius 1 is 1.00 bits per heavy atom. The predicted octanol–water partition coefficient (Wildman–Crippen LogP) is 1.25. The summed E-state index contributed by atoms with van der Waals surface area (Å²) >= 11 is 7.34. The summed E-state index contributed by atoms with van der Waals surface area (Å²) in [6.07, 6.45) is 1.72. The predicted molar refractivity (Wildman–Crippen MR) is 139 cm³/mol. The molecule has 1 N–H and O–H groups in total. The number of anilines is 2. The third-order valence-electron chi connectivity index (χ3n) is 5.57. The van der Waals surface area contributed by atoms with Crippen molar-refractivity contribution in [2.24, 2.45) is 7.05 Å². The van der Waals surface area contributed by atoms with Crippen LogP contribution in [0.5, 0.6) is 0 Å². The molecule has 0 aliphatic rings. The van der Waals surface area contributed by atoms with Crippen molar-refractivity contribution in [2.75, 3.05) is 5.32 Å². The number of nitrogens with one attached hydrogen (secondary N) is 1. The lowest BCUT2D eigenvalue weighted by molar-refractivity contribution is 0.485. The van der Waals surface area contributed by atoms with Crippen LogP contribution < -0.4 is 26.4 Å². The average Bonchev–Trinajstić information content (AvgIpc) is 3.36. The van der Waals surface area contributed by atoms with Crippen LogP contribution in [0.25, 0.3) is 10.9 Å². The van der Waals surface area contributed by atoms with Crippen molar-refractivity contribution >= 4 is 70.9 Å². The highest BCUT2D eigenvalue weighted by atomic mass is 35.5. The molecule has 0 saturated heterocycles. The molecule has 4 radical (unpaired) electrons. The van der Waals surface area contributed by atoms with Crippen molar-refractivity contribution < 1.29 is 13.2 Å². The number of aromatic nitrogens is 6. The van der Waals surface area contributed by atoms with Crippen LogP contribution in [0.1, 0.15) is 11.3 Å². The number of rotatable bonds is 6. The van der Waals surface area contributed by atoms with E-state index < -0.39 is 35.4 Å². The summed E-state index contributed by atoms with van der Waals surface area (Å²) < 4.78 is 45.3. The second kappa shape index (κ2) is 9.80. The van der Waals surface area contributed by atoms with Crippen molar-refractivity contribution in [2.45, 2.75) is 13.1 Å². The van der Waals surface area contributed by atoms with Gasteiger partial charge in [0.15, 0.2) is 19.5 Å². The molecule has 2 aromatic carbocycles. The Kier molecular flexibility index (Phi) is 6.65. The van der Waals surface area contributed by atoms with Crippen LogP contribution in [-0.2, 0) is 20.1 Å². The second-order valence-electron chi connectivity index (χ2n) is 8.21. The van der Waals surface area contributed by atoms with Gasteiger partial charge in [-0.3, -0.25) is 14.2 Å². The fourth-order valence-corrected chi connectivity index (χ4v) is 4.60. The van der Waals surface area contributed by atoms with E-state index in [1.807, 2.05) is 0 Å². The van der Waals surface area contributed by atoms with Crippen LogP contribution in [0.3, 0.4) is 0 Å². The Balaban J connectivity index is 1.65. The zero-order chi connectivity index (χ0) is 27.3. The van der Waals surface area contributed by atoms with E-state index in [9.17, 15) is 22.8 Å². The number of benzene rings is 2. The first kappa shape index (κ1) is 25.8. The monoisotopic (exact) mass is 553 g/mol. The molecule has 0 bridgehead atoms. The lowest BCUT2D eigenvalue weighted by Gasteiger charge is -2.16. The lowest BCUT2D eigenvalue weighted by Crippen LogP contribution is -2.43. The first-order chi connectivity index (χ1) is 18.0. The van der Waals surface area contributed by atoms with Crippen molar-refractivity contribution in [3.8, 4) is 0 Å². The zero-order valence-corrected chi connectivity index (χ0v) is 20.9. The van der Waals surface area contributed by atoms with Gasteiger partial charge in [-0.05, 0) is 23.0 Å². The van der Waals surface area contributed by atoms with E-state index in [1.165, 1.54) is 0 Å². The molecular formula is C22H13B2ClF3N7O2S. The van der Waals surface area contributed by atoms with Gasteiger partial charge in [0.2, 0.25) is 5.95 Å². The highest BCUT2D eigenvalue weighted by Crippen LogP contribution is 2.29. The largest absolute Gasteiger partial charge is 0.355 e. The van der Waals surface area contributed by atoms with E-state index in [2.05, 4.69) is 20.4 Å². The third-order valence-corrected chi connectivity index (χ3v) is 6.64. The van der Waals surface area contributed by atoms with Gasteiger partial charge in [0.25, 0.3) is 0 Å². The summed E-state index contributed by atoms with van der Waals surface area (Å²) in [5.41, 5.74) is -1.30. The van der Waals surface area contributed by atoms with Gasteiger partial charge in [-0.15, -0.1) is 11.3 Å².